The van der Waals surface area contributed by atoms with Crippen LogP contribution in [0.5, 0.6) is 0 Å². The topological polar surface area (TPSA) is 80.3 Å². The molecule has 2 aromatic rings. The highest BCUT2D eigenvalue weighted by Gasteiger charge is 2.41. The molecule has 9 nitrogen and oxygen atoms in total. The molecule has 2 saturated heterocycles. The van der Waals surface area contributed by atoms with Crippen LogP contribution in [0.3, 0.4) is 0 Å². The van der Waals surface area contributed by atoms with Gasteiger partial charge in [0.15, 0.2) is 0 Å². The van der Waals surface area contributed by atoms with Crippen LogP contribution in [-0.4, -0.2) is 91.9 Å². The number of para-hydroxylation sites is 1. The number of anilines is 3. The third-order valence-electron chi connectivity index (χ3n) is 7.66. The smallest absolute Gasteiger partial charge is 0.370 e. The predicted octanol–water partition coefficient (Wildman–Crippen LogP) is 3.99. The number of hydrogen-bond acceptors (Lipinski definition) is 6. The van der Waals surface area contributed by atoms with Crippen molar-refractivity contribution in [2.45, 2.75) is 32.0 Å². The molecule has 2 aliphatic heterocycles. The van der Waals surface area contributed by atoms with Crippen molar-refractivity contribution in [3.63, 3.8) is 0 Å². The first kappa shape index (κ1) is 31.3. The molecule has 1 aromatic heterocycles. The Morgan fingerprint density at radius 3 is 2.50 bits per heavy atom. The molecule has 1 aromatic carbocycles. The van der Waals surface area contributed by atoms with E-state index in [0.717, 1.165) is 30.1 Å². The van der Waals surface area contributed by atoms with E-state index in [-0.39, 0.29) is 30.3 Å². The molecule has 0 spiro atoms. The Kier molecular flexibility index (Phi) is 9.47. The molecule has 226 valence electrons. The fourth-order valence-corrected chi connectivity index (χ4v) is 5.68. The number of carbonyl (C=O) groups is 3. The molecule has 2 aliphatic rings. The normalized spacial score (nSPS) is 17.9. The Hall–Kier alpha value is -3.64. The van der Waals surface area contributed by atoms with E-state index in [1.165, 1.54) is 17.9 Å². The summed E-state index contributed by atoms with van der Waals surface area (Å²) in [5, 5.41) is 0.422. The van der Waals surface area contributed by atoms with Gasteiger partial charge < -0.3 is 14.7 Å². The Bertz CT molecular complexity index is 1360. The number of alkyl halides is 3. The maximum absolute atomic E-state index is 13.8. The lowest BCUT2D eigenvalue weighted by molar-refractivity contribution is -0.137. The number of carbonyl (C=O) groups excluding carboxylic acids is 3. The first-order chi connectivity index (χ1) is 19.8. The molecular weight excluding hydrogens is 573 g/mol. The number of hydrogen-bond donors (Lipinski definition) is 0. The van der Waals surface area contributed by atoms with E-state index in [0.29, 0.717) is 42.6 Å². The number of aryl methyl sites for hydroxylation is 1. The Labute approximate surface area is 248 Å². The van der Waals surface area contributed by atoms with E-state index in [1.807, 2.05) is 11.9 Å². The fraction of sp³-hybridized carbons (Fsp3) is 0.448. The van der Waals surface area contributed by atoms with Crippen molar-refractivity contribution in [3.8, 4) is 0 Å². The van der Waals surface area contributed by atoms with Gasteiger partial charge in [-0.3, -0.25) is 24.2 Å². The summed E-state index contributed by atoms with van der Waals surface area (Å²) in [5.74, 6) is -1.21. The molecule has 0 radical (unpaired) electrons. The number of rotatable bonds is 8. The monoisotopic (exact) mass is 606 g/mol. The van der Waals surface area contributed by atoms with Crippen LogP contribution in [0.25, 0.3) is 0 Å². The van der Waals surface area contributed by atoms with Crippen molar-refractivity contribution in [1.82, 2.24) is 14.8 Å². The van der Waals surface area contributed by atoms with Crippen molar-refractivity contribution < 1.29 is 27.6 Å². The molecule has 2 fully saturated rings. The van der Waals surface area contributed by atoms with Gasteiger partial charge in [0.2, 0.25) is 17.7 Å². The molecule has 0 bridgehead atoms. The number of pyridine rings is 1. The first-order valence-electron chi connectivity index (χ1n) is 13.6. The second-order valence-corrected chi connectivity index (χ2v) is 10.9. The minimum atomic E-state index is -4.63. The summed E-state index contributed by atoms with van der Waals surface area (Å²) in [4.78, 5) is 51.1. The third kappa shape index (κ3) is 6.70. The van der Waals surface area contributed by atoms with Crippen LogP contribution >= 0.6 is 11.6 Å². The highest BCUT2D eigenvalue weighted by molar-refractivity contribution is 6.34. The van der Waals surface area contributed by atoms with E-state index in [2.05, 4.69) is 16.5 Å². The van der Waals surface area contributed by atoms with Crippen LogP contribution in [0.4, 0.5) is 30.4 Å². The maximum atomic E-state index is 13.8. The summed E-state index contributed by atoms with van der Waals surface area (Å²) >= 11 is 6.62. The number of amides is 3. The Morgan fingerprint density at radius 1 is 1.17 bits per heavy atom. The second-order valence-electron chi connectivity index (χ2n) is 10.5. The highest BCUT2D eigenvalue weighted by Crippen LogP contribution is 2.38. The second kappa shape index (κ2) is 12.7. The summed E-state index contributed by atoms with van der Waals surface area (Å²) < 4.78 is 40.5. The Balaban J connectivity index is 1.52. The van der Waals surface area contributed by atoms with E-state index < -0.39 is 29.6 Å². The summed E-state index contributed by atoms with van der Waals surface area (Å²) in [6.45, 7) is 8.89. The SMILES string of the molecule is C=CC(=O)N1CCN(CCN(C)c2c(Cl)cccc2N(C)C(=O)C2CCC(=O)N2c2cc(C(F)(F)F)cc(C)n2)CC1. The van der Waals surface area contributed by atoms with Gasteiger partial charge in [-0.05, 0) is 43.7 Å². The first-order valence-corrected chi connectivity index (χ1v) is 14.0. The van der Waals surface area contributed by atoms with Gasteiger partial charge in [-0.2, -0.15) is 13.2 Å². The van der Waals surface area contributed by atoms with Gasteiger partial charge in [0.05, 0.1) is 22.0 Å². The largest absolute Gasteiger partial charge is 0.416 e. The fourth-order valence-electron chi connectivity index (χ4n) is 5.36. The molecule has 0 N–H and O–H groups in total. The van der Waals surface area contributed by atoms with Crippen LogP contribution in [-0.2, 0) is 20.6 Å². The molecular formula is C29H34ClF3N6O3. The average molecular weight is 607 g/mol. The van der Waals surface area contributed by atoms with Gasteiger partial charge in [-0.1, -0.05) is 24.2 Å². The molecule has 0 saturated carbocycles. The lowest BCUT2D eigenvalue weighted by Crippen LogP contribution is -2.49. The quantitative estimate of drug-likeness (QED) is 0.423. The van der Waals surface area contributed by atoms with Crippen molar-refractivity contribution >= 4 is 46.5 Å². The average Bonchev–Trinajstić information content (AvgIpc) is 3.35. The van der Waals surface area contributed by atoms with Crippen molar-refractivity contribution in [1.29, 1.82) is 0 Å². The van der Waals surface area contributed by atoms with Crippen LogP contribution in [0, 0.1) is 6.92 Å². The van der Waals surface area contributed by atoms with Gasteiger partial charge >= 0.3 is 6.18 Å². The number of nitrogens with zero attached hydrogens (tertiary/aromatic N) is 6. The predicted molar refractivity (Wildman–Crippen MR) is 156 cm³/mol. The standard InChI is InChI=1S/C29H34ClF3N6O3/c1-5-25(40)38-15-13-37(14-16-38)12-11-35(3)27-21(30)7-6-8-22(27)36(4)28(42)23-9-10-26(41)39(23)24-18-20(29(31,32)33)17-19(2)34-24/h5-8,17-18,23H,1,9-16H2,2-4H3. The molecule has 4 rings (SSSR count). The van der Waals surface area contributed by atoms with Crippen LogP contribution < -0.4 is 14.7 Å². The van der Waals surface area contributed by atoms with Crippen LogP contribution in [0.2, 0.25) is 5.02 Å². The molecule has 0 aliphatic carbocycles. The maximum Gasteiger partial charge on any atom is 0.416 e. The number of benzene rings is 1. The molecule has 3 amide bonds. The molecule has 42 heavy (non-hydrogen) atoms. The van der Waals surface area contributed by atoms with Gasteiger partial charge in [-0.15, -0.1) is 0 Å². The molecule has 1 atom stereocenters. The summed E-state index contributed by atoms with van der Waals surface area (Å²) in [6.07, 6.45) is -3.16. The number of likely N-dealkylation sites (N-methyl/N-ethyl adjacent to an activating group) is 2. The summed E-state index contributed by atoms with van der Waals surface area (Å²) in [5.41, 5.74) is 0.270. The number of halogens is 4. The van der Waals surface area contributed by atoms with Gasteiger partial charge in [0.25, 0.3) is 0 Å². The zero-order valence-corrected chi connectivity index (χ0v) is 24.6. The lowest BCUT2D eigenvalue weighted by Gasteiger charge is -2.36. The van der Waals surface area contributed by atoms with E-state index in [4.69, 9.17) is 11.6 Å². The number of aromatic nitrogens is 1. The molecule has 1 unspecified atom stereocenters. The van der Waals surface area contributed by atoms with Crippen molar-refractivity contribution in [3.05, 3.63) is 59.3 Å². The third-order valence-corrected chi connectivity index (χ3v) is 7.97. The minimum Gasteiger partial charge on any atom is -0.370 e. The Morgan fingerprint density at radius 2 is 1.86 bits per heavy atom. The molecule has 3 heterocycles. The lowest BCUT2D eigenvalue weighted by atomic mass is 10.1. The van der Waals surface area contributed by atoms with Crippen LogP contribution in [0.15, 0.2) is 43.0 Å². The van der Waals surface area contributed by atoms with E-state index in [9.17, 15) is 27.6 Å². The molecule has 13 heteroatoms. The zero-order valence-electron chi connectivity index (χ0n) is 23.8. The zero-order chi connectivity index (χ0) is 30.8. The highest BCUT2D eigenvalue weighted by atomic mass is 35.5. The van der Waals surface area contributed by atoms with Gasteiger partial charge in [-0.25, -0.2) is 4.98 Å². The van der Waals surface area contributed by atoms with E-state index >= 15 is 0 Å². The van der Waals surface area contributed by atoms with E-state index in [1.54, 1.807) is 30.1 Å². The minimum absolute atomic E-state index is 0.00911. The summed E-state index contributed by atoms with van der Waals surface area (Å²) in [6, 6.07) is 5.86. The summed E-state index contributed by atoms with van der Waals surface area (Å²) in [7, 11) is 3.42. The number of piperazine rings is 1. The van der Waals surface area contributed by atoms with Crippen molar-refractivity contribution in [2.24, 2.45) is 0 Å². The van der Waals surface area contributed by atoms with Gasteiger partial charge in [0.1, 0.15) is 11.9 Å². The van der Waals surface area contributed by atoms with Crippen LogP contribution in [0.1, 0.15) is 24.1 Å². The van der Waals surface area contributed by atoms with Gasteiger partial charge in [0, 0.05) is 65.5 Å². The van der Waals surface area contributed by atoms with Crippen molar-refractivity contribution in [2.75, 3.05) is 68.1 Å².